The number of aliphatic hydroxyl groups is 1. The predicted molar refractivity (Wildman–Crippen MR) is 352 cm³/mol. The van der Waals surface area contributed by atoms with Crippen molar-refractivity contribution >= 4 is 101 Å². The highest BCUT2D eigenvalue weighted by atomic mass is 16.4. The number of imidazole rings is 1. The number of hydrogen-bond donors (Lipinski definition) is 21. The lowest BCUT2D eigenvalue weighted by atomic mass is 9.99. The number of carbonyl (C=O) groups is 16. The maximum absolute atomic E-state index is 14.3. The number of aliphatic imine (C=N–C) groups is 1. The lowest BCUT2D eigenvalue weighted by molar-refractivity contribution is -0.142. The number of rotatable bonds is 46. The van der Waals surface area contributed by atoms with Crippen LogP contribution in [0.2, 0.25) is 0 Å². The topological polar surface area (TPSA) is 658 Å². The van der Waals surface area contributed by atoms with Gasteiger partial charge in [-0.25, -0.2) is 4.98 Å². The lowest BCUT2D eigenvalue weighted by Crippen LogP contribution is -2.62. The molecular weight excluding hydrogens is 1320 g/mol. The van der Waals surface area contributed by atoms with Gasteiger partial charge in [0.2, 0.25) is 76.8 Å². The minimum absolute atomic E-state index is 0.0109. The molecular formula is C61H95N19O20. The van der Waals surface area contributed by atoms with Crippen LogP contribution in [0.3, 0.4) is 0 Å². The minimum Gasteiger partial charge on any atom is -0.481 e. The number of H-pyrrole nitrogens is 1. The Morgan fingerprint density at radius 2 is 0.970 bits per heavy atom. The van der Waals surface area contributed by atoms with E-state index in [9.17, 15) is 97.1 Å². The molecule has 0 bridgehead atoms. The Kier molecular flexibility index (Phi) is 36.4. The number of nitrogens with one attached hydrogen (secondary N) is 12. The summed E-state index contributed by atoms with van der Waals surface area (Å²) in [7, 11) is 0. The van der Waals surface area contributed by atoms with E-state index < -0.39 is 218 Å². The first-order valence-corrected chi connectivity index (χ1v) is 31.9. The van der Waals surface area contributed by atoms with E-state index in [1.54, 1.807) is 58.0 Å². The molecule has 0 spiro atoms. The van der Waals surface area contributed by atoms with Crippen molar-refractivity contribution in [3.8, 4) is 0 Å². The van der Waals surface area contributed by atoms with Gasteiger partial charge in [0.1, 0.15) is 66.5 Å². The Morgan fingerprint density at radius 3 is 1.47 bits per heavy atom. The largest absolute Gasteiger partial charge is 0.481 e. The molecule has 1 aromatic heterocycles. The smallest absolute Gasteiger partial charge is 0.305 e. The SMILES string of the molecule is CC[C@H](C)[C@H](N)C(=O)N[C@@H](CO)C(=O)N[C@@H](CC(=O)O)C(=O)N[C@H](C(=O)N[C@@H](CC(N)=O)C(=O)N[C@@H](CC(C)C)C(=O)N[C@@H](CC(=O)O)C(=O)N[C@@H](C)C(=O)N[C@@H](CCC(=O)O)C(=O)N[C@@H](Cc1ccccc1)C(=O)N[C@@H](CCCN=C(N)N)C(=O)N[C@@H](Cc1cnc[nH]1)C(N)=O)C(C)C. The molecule has 39 nitrogen and oxygen atoms in total. The standard InChI is InChI=1S/C61H95N19O20/c1-8-30(6)47(63)59(99)79-42(26-81)58(98)77-41(24-46(87)88)57(97)80-48(29(4)5)60(100)78-39(22-43(62)82)56(96)74-37(19-28(2)3)54(94)76-40(23-45(85)86)53(93)70-31(7)50(90)71-35(16-17-44(83)84)52(92)75-38(20-32-13-10-9-11-14-32)55(95)72-34(15-12-18-68-61(65)66)51(91)73-36(49(64)89)21-33-25-67-27-69-33/h9-11,13-14,25,27-31,34-42,47-48,81H,8,12,15-24,26,63H2,1-7H3,(H2,62,82)(H2,64,89)(H,67,69)(H,70,93)(H,71,90)(H,72,95)(H,73,91)(H,74,96)(H,75,92)(H,76,94)(H,77,98)(H,78,100)(H,79,99)(H,80,97)(H,83,84)(H,85,86)(H,87,88)(H4,65,66,68)/t30-,31-,34-,35-,36-,37-,38-,39-,40-,41-,42-,47-,48-/m0/s1. The summed E-state index contributed by atoms with van der Waals surface area (Å²) in [6.07, 6.45) is -2.09. The van der Waals surface area contributed by atoms with Crippen molar-refractivity contribution in [2.24, 2.45) is 51.4 Å². The number of aromatic amines is 1. The van der Waals surface area contributed by atoms with E-state index in [1.807, 2.05) is 0 Å². The van der Waals surface area contributed by atoms with Crippen LogP contribution in [0.25, 0.3) is 0 Å². The molecule has 2 rings (SSSR count). The van der Waals surface area contributed by atoms with Gasteiger partial charge in [0.15, 0.2) is 5.96 Å². The fourth-order valence-electron chi connectivity index (χ4n) is 9.42. The monoisotopic (exact) mass is 1410 g/mol. The van der Waals surface area contributed by atoms with E-state index in [-0.39, 0.29) is 50.5 Å². The number of aromatic nitrogens is 2. The normalized spacial score (nSPS) is 14.9. The van der Waals surface area contributed by atoms with Gasteiger partial charge in [-0.3, -0.25) is 81.7 Å². The van der Waals surface area contributed by atoms with Crippen LogP contribution in [0.5, 0.6) is 0 Å². The molecule has 39 heteroatoms. The zero-order valence-corrected chi connectivity index (χ0v) is 56.5. The molecule has 13 amide bonds. The van der Waals surface area contributed by atoms with Crippen LogP contribution in [0.15, 0.2) is 47.8 Å². The summed E-state index contributed by atoms with van der Waals surface area (Å²) < 4.78 is 0. The zero-order chi connectivity index (χ0) is 75.7. The first kappa shape index (κ1) is 85.2. The number of carboxylic acid groups (broad SMARTS) is 3. The second-order valence-corrected chi connectivity index (χ2v) is 24.4. The molecule has 13 atom stereocenters. The Morgan fingerprint density at radius 1 is 0.510 bits per heavy atom. The number of carboxylic acids is 3. The second kappa shape index (κ2) is 42.7. The molecule has 0 saturated carbocycles. The highest BCUT2D eigenvalue weighted by Crippen LogP contribution is 2.13. The molecule has 26 N–H and O–H groups in total. The lowest BCUT2D eigenvalue weighted by Gasteiger charge is -2.29. The summed E-state index contributed by atoms with van der Waals surface area (Å²) in [5.41, 5.74) is 28.8. The Labute approximate surface area is 574 Å². The van der Waals surface area contributed by atoms with E-state index in [0.29, 0.717) is 17.7 Å². The van der Waals surface area contributed by atoms with Gasteiger partial charge < -0.3 is 113 Å². The van der Waals surface area contributed by atoms with Crippen LogP contribution < -0.4 is 87.2 Å². The average Bonchev–Trinajstić information content (AvgIpc) is 0.940. The third kappa shape index (κ3) is 31.1. The number of aliphatic hydroxyl groups excluding tert-OH is 1. The van der Waals surface area contributed by atoms with Crippen molar-refractivity contribution < 1.29 is 97.1 Å². The summed E-state index contributed by atoms with van der Waals surface area (Å²) in [6.45, 7) is 9.45. The van der Waals surface area contributed by atoms with Gasteiger partial charge in [-0.2, -0.15) is 0 Å². The van der Waals surface area contributed by atoms with Crippen molar-refractivity contribution in [1.29, 1.82) is 0 Å². The van der Waals surface area contributed by atoms with Gasteiger partial charge in [0, 0.05) is 37.7 Å². The summed E-state index contributed by atoms with van der Waals surface area (Å²) in [5, 5.41) is 64.7. The fourth-order valence-corrected chi connectivity index (χ4v) is 9.42. The maximum Gasteiger partial charge on any atom is 0.305 e. The van der Waals surface area contributed by atoms with Gasteiger partial charge >= 0.3 is 17.9 Å². The first-order valence-electron chi connectivity index (χ1n) is 31.9. The molecule has 0 aliphatic carbocycles. The third-order valence-electron chi connectivity index (χ3n) is 15.2. The van der Waals surface area contributed by atoms with Gasteiger partial charge in [0.05, 0.1) is 38.2 Å². The number of carbonyl (C=O) groups excluding carboxylic acids is 13. The Hall–Kier alpha value is -10.9. The van der Waals surface area contributed by atoms with E-state index in [4.69, 9.17) is 28.7 Å². The summed E-state index contributed by atoms with van der Waals surface area (Å²) in [6, 6.07) is -11.9. The summed E-state index contributed by atoms with van der Waals surface area (Å²) in [4.78, 5) is 224. The highest BCUT2D eigenvalue weighted by molar-refractivity contribution is 6.01. The molecule has 2 aromatic rings. The number of benzene rings is 1. The average molecular weight is 1410 g/mol. The highest BCUT2D eigenvalue weighted by Gasteiger charge is 2.38. The molecule has 100 heavy (non-hydrogen) atoms. The zero-order valence-electron chi connectivity index (χ0n) is 56.5. The van der Waals surface area contributed by atoms with Gasteiger partial charge in [-0.05, 0) is 55.9 Å². The molecule has 0 radical (unpaired) electrons. The molecule has 0 fully saturated rings. The summed E-state index contributed by atoms with van der Waals surface area (Å²) >= 11 is 0. The third-order valence-corrected chi connectivity index (χ3v) is 15.2. The fraction of sp³-hybridized carbons (Fsp3) is 0.574. The van der Waals surface area contributed by atoms with Crippen LogP contribution in [-0.4, -0.2) is 217 Å². The van der Waals surface area contributed by atoms with Crippen molar-refractivity contribution in [2.75, 3.05) is 13.2 Å². The Balaban J connectivity index is 2.42. The van der Waals surface area contributed by atoms with E-state index in [0.717, 1.165) is 6.92 Å². The van der Waals surface area contributed by atoms with Gasteiger partial charge in [0.25, 0.3) is 0 Å². The van der Waals surface area contributed by atoms with Crippen LogP contribution in [0.1, 0.15) is 118 Å². The molecule has 0 saturated heterocycles. The number of nitrogens with two attached hydrogens (primary N) is 5. The van der Waals surface area contributed by atoms with Crippen molar-refractivity contribution in [1.82, 2.24) is 68.5 Å². The molecule has 1 aromatic carbocycles. The first-order chi connectivity index (χ1) is 46.9. The number of nitrogens with zero attached hydrogens (tertiary/aromatic N) is 2. The van der Waals surface area contributed by atoms with E-state index >= 15 is 0 Å². The molecule has 0 aliphatic rings. The number of aliphatic carboxylic acids is 3. The molecule has 0 aliphatic heterocycles. The second-order valence-electron chi connectivity index (χ2n) is 24.4. The van der Waals surface area contributed by atoms with Crippen molar-refractivity contribution in [3.63, 3.8) is 0 Å². The molecule has 554 valence electrons. The van der Waals surface area contributed by atoms with Crippen LogP contribution in [-0.2, 0) is 89.6 Å². The number of hydrogen-bond acceptors (Lipinski definition) is 20. The van der Waals surface area contributed by atoms with Crippen molar-refractivity contribution in [2.45, 2.75) is 192 Å². The quantitative estimate of drug-likeness (QED) is 0.0166. The number of amides is 13. The van der Waals surface area contributed by atoms with Gasteiger partial charge in [-0.15, -0.1) is 0 Å². The van der Waals surface area contributed by atoms with Crippen LogP contribution in [0, 0.1) is 17.8 Å². The van der Waals surface area contributed by atoms with E-state index in [1.165, 1.54) is 26.4 Å². The molecule has 0 unspecified atom stereocenters. The number of guanidine groups is 1. The van der Waals surface area contributed by atoms with Crippen LogP contribution >= 0.6 is 0 Å². The van der Waals surface area contributed by atoms with Crippen LogP contribution in [0.4, 0.5) is 0 Å². The van der Waals surface area contributed by atoms with E-state index in [2.05, 4.69) is 73.4 Å². The van der Waals surface area contributed by atoms with Crippen molar-refractivity contribution in [3.05, 3.63) is 54.1 Å². The minimum atomic E-state index is -2.04. The van der Waals surface area contributed by atoms with Gasteiger partial charge in [-0.1, -0.05) is 78.3 Å². The maximum atomic E-state index is 14.3. The summed E-state index contributed by atoms with van der Waals surface area (Å²) in [5.74, 6) is -21.4. The molecule has 1 heterocycles. The number of primary amides is 2. The Bertz CT molecular complexity index is 3200. The predicted octanol–water partition coefficient (Wildman–Crippen LogP) is -7.16.